The summed E-state index contributed by atoms with van der Waals surface area (Å²) in [6, 6.07) is 36.7. The van der Waals surface area contributed by atoms with Gasteiger partial charge in [0.25, 0.3) is 0 Å². The summed E-state index contributed by atoms with van der Waals surface area (Å²) in [6.45, 7) is 3.77. The fraction of sp³-hybridized carbons (Fsp3) is 0.130. The summed E-state index contributed by atoms with van der Waals surface area (Å²) in [5, 5.41) is 2.33. The van der Waals surface area contributed by atoms with Crippen LogP contribution in [-0.4, -0.2) is 9.52 Å². The average molecular weight is 890 g/mol. The second-order valence-electron chi connectivity index (χ2n) is 15.2. The monoisotopic (exact) mass is 887 g/mol. The molecule has 56 heavy (non-hydrogen) atoms. The van der Waals surface area contributed by atoms with Gasteiger partial charge >= 0.3 is 334 Å². The molecule has 0 aromatic heterocycles. The SMILES string of the molecule is CC1=Cc2c(ccc(C(F)(F)F)c2-c2ccccc2)[CH]1[Zr]([Cl])([Cl])([c]1cccc2c1[SiH2]c1ccccc1-2)[CH]1C(C)=Cc2c1ccc(C(F)(F)F)c2-c1ccccc1. The van der Waals surface area contributed by atoms with Gasteiger partial charge in [-0.25, -0.2) is 0 Å². The number of hydrogen-bond acceptors (Lipinski definition) is 0. The minimum absolute atomic E-state index is 0.0586. The van der Waals surface area contributed by atoms with Gasteiger partial charge in [0.15, 0.2) is 0 Å². The second kappa shape index (κ2) is 13.0. The van der Waals surface area contributed by atoms with E-state index in [-0.39, 0.29) is 11.1 Å². The van der Waals surface area contributed by atoms with E-state index in [1.807, 2.05) is 50.3 Å². The summed E-state index contributed by atoms with van der Waals surface area (Å²) in [4.78, 5) is 0. The third-order valence-electron chi connectivity index (χ3n) is 12.0. The Morgan fingerprint density at radius 1 is 0.518 bits per heavy atom. The van der Waals surface area contributed by atoms with Crippen LogP contribution >= 0.6 is 17.0 Å². The maximum atomic E-state index is 14.9. The van der Waals surface area contributed by atoms with Crippen LogP contribution in [0.3, 0.4) is 0 Å². The number of allylic oxidation sites excluding steroid dienone is 2. The minimum atomic E-state index is -6.12. The first-order chi connectivity index (χ1) is 26.6. The third-order valence-corrected chi connectivity index (χ3v) is 35.2. The molecule has 0 amide bonds. The Balaban J connectivity index is 1.37. The van der Waals surface area contributed by atoms with Gasteiger partial charge in [-0.3, -0.25) is 0 Å². The van der Waals surface area contributed by atoms with Gasteiger partial charge in [-0.2, -0.15) is 0 Å². The van der Waals surface area contributed by atoms with E-state index in [0.29, 0.717) is 33.4 Å². The zero-order chi connectivity index (χ0) is 39.4. The first kappa shape index (κ1) is 37.6. The van der Waals surface area contributed by atoms with Crippen molar-refractivity contribution in [2.24, 2.45) is 0 Å². The first-order valence-corrected chi connectivity index (χ1v) is 30.1. The molecule has 281 valence electrons. The van der Waals surface area contributed by atoms with E-state index < -0.39 is 56.6 Å². The average Bonchev–Trinajstić information content (AvgIpc) is 3.84. The van der Waals surface area contributed by atoms with Gasteiger partial charge in [0.2, 0.25) is 0 Å². The van der Waals surface area contributed by atoms with Crippen molar-refractivity contribution in [3.63, 3.8) is 0 Å². The van der Waals surface area contributed by atoms with E-state index in [1.54, 1.807) is 60.7 Å². The van der Waals surface area contributed by atoms with Crippen LogP contribution in [0.15, 0.2) is 139 Å². The molecule has 6 aromatic rings. The van der Waals surface area contributed by atoms with Gasteiger partial charge in [-0.15, -0.1) is 0 Å². The molecule has 9 rings (SSSR count). The Labute approximate surface area is 331 Å². The van der Waals surface area contributed by atoms with Crippen LogP contribution in [0, 0.1) is 0 Å². The molecule has 2 atom stereocenters. The predicted molar refractivity (Wildman–Crippen MR) is 218 cm³/mol. The van der Waals surface area contributed by atoms with Crippen molar-refractivity contribution in [3.05, 3.63) is 172 Å². The molecule has 1 aliphatic heterocycles. The molecule has 0 saturated heterocycles. The van der Waals surface area contributed by atoms with E-state index in [4.69, 9.17) is 17.0 Å². The molecular formula is C46H33Cl2F6SiZr. The van der Waals surface area contributed by atoms with E-state index in [9.17, 15) is 26.3 Å². The van der Waals surface area contributed by atoms with Crippen LogP contribution in [0.2, 0.25) is 0 Å². The van der Waals surface area contributed by atoms with Crippen LogP contribution in [-0.2, 0) is 28.7 Å². The quantitative estimate of drug-likeness (QED) is 0.119. The third kappa shape index (κ3) is 5.57. The van der Waals surface area contributed by atoms with Crippen LogP contribution in [0.4, 0.5) is 26.3 Å². The molecule has 0 bridgehead atoms. The first-order valence-electron chi connectivity index (χ1n) is 18.3. The zero-order valence-electron chi connectivity index (χ0n) is 30.2. The van der Waals surface area contributed by atoms with Gasteiger partial charge in [0, 0.05) is 0 Å². The normalized spacial score (nSPS) is 18.4. The summed E-state index contributed by atoms with van der Waals surface area (Å²) in [5.41, 5.74) is 5.10. The summed E-state index contributed by atoms with van der Waals surface area (Å²) in [5.74, 6) is 0. The van der Waals surface area contributed by atoms with E-state index >= 15 is 0 Å². The summed E-state index contributed by atoms with van der Waals surface area (Å²) < 4.78 is 88.6. The summed E-state index contributed by atoms with van der Waals surface area (Å²) in [7, 11) is 16.3. The summed E-state index contributed by atoms with van der Waals surface area (Å²) in [6.07, 6.45) is -5.68. The number of halogens is 8. The van der Waals surface area contributed by atoms with Gasteiger partial charge < -0.3 is 0 Å². The van der Waals surface area contributed by atoms with E-state index in [2.05, 4.69) is 18.2 Å². The molecule has 1 heterocycles. The number of hydrogen-bond donors (Lipinski definition) is 0. The molecule has 0 radical (unpaired) electrons. The van der Waals surface area contributed by atoms with Gasteiger partial charge in [-0.05, 0) is 0 Å². The molecule has 0 spiro atoms. The molecule has 0 N–H and O–H groups in total. The van der Waals surface area contributed by atoms with Crippen molar-refractivity contribution >= 4 is 52.3 Å². The number of fused-ring (bicyclic) bond motifs is 5. The van der Waals surface area contributed by atoms with Crippen molar-refractivity contribution < 1.29 is 42.7 Å². The molecule has 10 heteroatoms. The second-order valence-corrected chi connectivity index (χ2v) is 37.6. The van der Waals surface area contributed by atoms with Crippen LogP contribution in [0.5, 0.6) is 0 Å². The van der Waals surface area contributed by atoms with Crippen molar-refractivity contribution in [1.82, 2.24) is 0 Å². The van der Waals surface area contributed by atoms with Crippen LogP contribution in [0.1, 0.15) is 54.5 Å². The van der Waals surface area contributed by atoms with Crippen molar-refractivity contribution in [2.75, 3.05) is 0 Å². The molecule has 0 saturated carbocycles. The molecule has 2 unspecified atom stereocenters. The van der Waals surface area contributed by atoms with Gasteiger partial charge in [0.1, 0.15) is 0 Å². The fourth-order valence-electron chi connectivity index (χ4n) is 9.99. The molecule has 0 nitrogen and oxygen atoms in total. The zero-order valence-corrected chi connectivity index (χ0v) is 35.5. The number of rotatable bonds is 5. The Morgan fingerprint density at radius 3 is 1.45 bits per heavy atom. The van der Waals surface area contributed by atoms with Crippen LogP contribution in [0.25, 0.3) is 45.5 Å². The topological polar surface area (TPSA) is 0 Å². The molecule has 2 aliphatic carbocycles. The van der Waals surface area contributed by atoms with E-state index in [1.165, 1.54) is 17.3 Å². The predicted octanol–water partition coefficient (Wildman–Crippen LogP) is 12.1. The fourth-order valence-corrected chi connectivity index (χ4v) is 38.8. The maximum absolute atomic E-state index is 14.9. The molecule has 6 aromatic carbocycles. The Kier molecular flexibility index (Phi) is 8.76. The van der Waals surface area contributed by atoms with Crippen LogP contribution < -0.4 is 13.6 Å². The Hall–Kier alpha value is -3.94. The number of alkyl halides is 6. The summed E-state index contributed by atoms with van der Waals surface area (Å²) >= 11 is -6.12. The standard InChI is InChI=1S/2C17H12F3.C12H9Si.2ClH.Zr/c2*1-11-9-13-7-8-15(17(18,19)20)16(14(13)10-11)12-5-3-2-4-6-12;1-3-7-11-9(5-1)10-6-2-4-8-12(10)13-11;;;/h2*2-10H,1H3;1-7H,13H2;2*1H;/q;;;;;+2/p-2. The number of benzene rings is 6. The van der Waals surface area contributed by atoms with E-state index in [0.717, 1.165) is 42.9 Å². The Morgan fingerprint density at radius 2 is 0.964 bits per heavy atom. The molecule has 3 aliphatic rings. The molecular weight excluding hydrogens is 857 g/mol. The Bertz CT molecular complexity index is 2530. The molecule has 0 fully saturated rings. The van der Waals surface area contributed by atoms with Crippen molar-refractivity contribution in [1.29, 1.82) is 0 Å². The van der Waals surface area contributed by atoms with Crippen molar-refractivity contribution in [2.45, 2.75) is 33.5 Å². The van der Waals surface area contributed by atoms with Gasteiger partial charge in [-0.1, -0.05) is 0 Å². The van der Waals surface area contributed by atoms with Gasteiger partial charge in [0.05, 0.1) is 0 Å². The van der Waals surface area contributed by atoms with Crippen molar-refractivity contribution in [3.8, 4) is 33.4 Å².